The van der Waals surface area contributed by atoms with Gasteiger partial charge in [0, 0.05) is 10.5 Å². The first-order valence-electron chi connectivity index (χ1n) is 6.52. The van der Waals surface area contributed by atoms with Gasteiger partial charge in [0.15, 0.2) is 0 Å². The molecule has 2 aliphatic rings. The van der Waals surface area contributed by atoms with Gasteiger partial charge in [-0.05, 0) is 36.5 Å². The summed E-state index contributed by atoms with van der Waals surface area (Å²) in [5.74, 6) is 0.393. The summed E-state index contributed by atoms with van der Waals surface area (Å²) in [6.07, 6.45) is 5.59. The van der Waals surface area contributed by atoms with E-state index in [1.807, 2.05) is 24.3 Å². The number of nitrogens with zero attached hydrogens (tertiary/aromatic N) is 1. The van der Waals surface area contributed by atoms with Crippen LogP contribution in [0.15, 0.2) is 34.8 Å². The number of hydrogen-bond donors (Lipinski definition) is 1. The molecule has 1 heterocycles. The second-order valence-corrected chi connectivity index (χ2v) is 6.28. The summed E-state index contributed by atoms with van der Waals surface area (Å²) in [4.78, 5) is 13.7. The van der Waals surface area contributed by atoms with Gasteiger partial charge >= 0.3 is 0 Å². The number of hydrogen-bond acceptors (Lipinski definition) is 2. The lowest BCUT2D eigenvalue weighted by Crippen LogP contribution is -2.64. The maximum absolute atomic E-state index is 12.0. The largest absolute Gasteiger partial charge is 0.386 e. The Bertz CT molecular complexity index is 531. The van der Waals surface area contributed by atoms with Gasteiger partial charge < -0.3 is 10.0 Å². The Morgan fingerprint density at radius 2 is 2.05 bits per heavy atom. The number of carbonyl (C=O) groups is 1. The van der Waals surface area contributed by atoms with E-state index in [2.05, 4.69) is 15.9 Å². The van der Waals surface area contributed by atoms with Gasteiger partial charge in [0.2, 0.25) is 5.91 Å². The third-order valence-corrected chi connectivity index (χ3v) is 4.61. The Hall–Kier alpha value is -1.13. The number of aliphatic hydroxyl groups is 1. The molecule has 1 aromatic carbocycles. The van der Waals surface area contributed by atoms with Crippen LogP contribution in [0.1, 0.15) is 18.4 Å². The molecule has 1 aliphatic heterocycles. The highest BCUT2D eigenvalue weighted by molar-refractivity contribution is 9.10. The van der Waals surface area contributed by atoms with Crippen molar-refractivity contribution >= 4 is 27.9 Å². The lowest BCUT2D eigenvalue weighted by molar-refractivity contribution is -0.154. The highest BCUT2D eigenvalue weighted by atomic mass is 79.9. The third-order valence-electron chi connectivity index (χ3n) is 3.89. The molecular weight excluding hydrogens is 306 g/mol. The Labute approximate surface area is 121 Å². The highest BCUT2D eigenvalue weighted by Crippen LogP contribution is 2.44. The zero-order chi connectivity index (χ0) is 13.5. The number of β-amino-alcohol motifs (C(OH)–C–C–N with tert-alkyl or cyclic N) is 1. The topological polar surface area (TPSA) is 40.5 Å². The molecule has 0 bridgehead atoms. The zero-order valence-electron chi connectivity index (χ0n) is 10.6. The first kappa shape index (κ1) is 12.9. The lowest BCUT2D eigenvalue weighted by Gasteiger charge is -2.46. The predicted molar refractivity (Wildman–Crippen MR) is 77.4 cm³/mol. The molecule has 19 heavy (non-hydrogen) atoms. The van der Waals surface area contributed by atoms with Gasteiger partial charge in [-0.25, -0.2) is 0 Å². The van der Waals surface area contributed by atoms with Crippen molar-refractivity contribution in [3.8, 4) is 0 Å². The van der Waals surface area contributed by atoms with Crippen LogP contribution in [0.2, 0.25) is 0 Å². The molecule has 3 rings (SSSR count). The quantitative estimate of drug-likeness (QED) is 0.869. The van der Waals surface area contributed by atoms with E-state index in [9.17, 15) is 9.90 Å². The molecule has 1 amide bonds. The maximum Gasteiger partial charge on any atom is 0.246 e. The molecule has 1 saturated carbocycles. The Morgan fingerprint density at radius 1 is 1.37 bits per heavy atom. The standard InChI is InChI=1S/C15H16BrNO2/c16-13-4-2-1-3-11(13)5-8-14(18)17-9-15(19,10-17)12-6-7-12/h1-5,8,12,19H,6-7,9-10H2. The van der Waals surface area contributed by atoms with Crippen molar-refractivity contribution < 1.29 is 9.90 Å². The summed E-state index contributed by atoms with van der Waals surface area (Å²) in [6, 6.07) is 7.77. The van der Waals surface area contributed by atoms with E-state index in [4.69, 9.17) is 0 Å². The minimum atomic E-state index is -0.600. The fourth-order valence-electron chi connectivity index (χ4n) is 2.53. The number of carbonyl (C=O) groups excluding carboxylic acids is 1. The predicted octanol–water partition coefficient (Wildman–Crippen LogP) is 2.45. The van der Waals surface area contributed by atoms with Gasteiger partial charge in [0.1, 0.15) is 5.60 Å². The second-order valence-electron chi connectivity index (χ2n) is 5.43. The molecule has 2 fully saturated rings. The van der Waals surface area contributed by atoms with Crippen LogP contribution < -0.4 is 0 Å². The van der Waals surface area contributed by atoms with Crippen LogP contribution >= 0.6 is 15.9 Å². The molecule has 0 spiro atoms. The first-order chi connectivity index (χ1) is 9.08. The monoisotopic (exact) mass is 321 g/mol. The van der Waals surface area contributed by atoms with Crippen molar-refractivity contribution in [1.82, 2.24) is 4.90 Å². The number of halogens is 1. The molecule has 0 unspecified atom stereocenters. The van der Waals surface area contributed by atoms with E-state index in [-0.39, 0.29) is 5.91 Å². The van der Waals surface area contributed by atoms with E-state index >= 15 is 0 Å². The van der Waals surface area contributed by atoms with Gasteiger partial charge in [0.25, 0.3) is 0 Å². The van der Waals surface area contributed by atoms with Crippen LogP contribution in [0, 0.1) is 5.92 Å². The molecule has 3 nitrogen and oxygen atoms in total. The molecular formula is C15H16BrNO2. The van der Waals surface area contributed by atoms with Gasteiger partial charge in [-0.1, -0.05) is 34.1 Å². The SMILES string of the molecule is O=C(C=Cc1ccccc1Br)N1CC(O)(C2CC2)C1. The van der Waals surface area contributed by atoms with E-state index in [0.717, 1.165) is 22.9 Å². The van der Waals surface area contributed by atoms with Gasteiger partial charge in [-0.2, -0.15) is 0 Å². The first-order valence-corrected chi connectivity index (χ1v) is 7.32. The summed E-state index contributed by atoms with van der Waals surface area (Å²) in [5, 5.41) is 10.2. The number of rotatable bonds is 3. The molecule has 1 aliphatic carbocycles. The van der Waals surface area contributed by atoms with E-state index in [1.54, 1.807) is 17.1 Å². The van der Waals surface area contributed by atoms with Crippen LogP contribution in [0.25, 0.3) is 6.08 Å². The average Bonchev–Trinajstić information content (AvgIpc) is 3.18. The summed E-state index contributed by atoms with van der Waals surface area (Å²) >= 11 is 3.44. The average molecular weight is 322 g/mol. The van der Waals surface area contributed by atoms with Crippen molar-refractivity contribution in [2.45, 2.75) is 18.4 Å². The minimum Gasteiger partial charge on any atom is -0.386 e. The van der Waals surface area contributed by atoms with Gasteiger partial charge in [-0.3, -0.25) is 4.79 Å². The third kappa shape index (κ3) is 2.60. The van der Waals surface area contributed by atoms with Crippen LogP contribution in [-0.4, -0.2) is 34.6 Å². The smallest absolute Gasteiger partial charge is 0.246 e. The van der Waals surface area contributed by atoms with Gasteiger partial charge in [0.05, 0.1) is 13.1 Å². The van der Waals surface area contributed by atoms with Crippen LogP contribution in [0.3, 0.4) is 0 Å². The van der Waals surface area contributed by atoms with Gasteiger partial charge in [-0.15, -0.1) is 0 Å². The fourth-order valence-corrected chi connectivity index (χ4v) is 2.94. The normalized spacial score (nSPS) is 21.5. The molecule has 100 valence electrons. The molecule has 4 heteroatoms. The molecule has 0 radical (unpaired) electrons. The summed E-state index contributed by atoms with van der Waals surface area (Å²) in [6.45, 7) is 0.966. The van der Waals surface area contributed by atoms with E-state index < -0.39 is 5.60 Å². The number of amides is 1. The van der Waals surface area contributed by atoms with Crippen molar-refractivity contribution in [3.05, 3.63) is 40.4 Å². The molecule has 1 saturated heterocycles. The van der Waals surface area contributed by atoms with Crippen molar-refractivity contribution in [1.29, 1.82) is 0 Å². The fraction of sp³-hybridized carbons (Fsp3) is 0.400. The van der Waals surface area contributed by atoms with Crippen molar-refractivity contribution in [2.24, 2.45) is 5.92 Å². The Balaban J connectivity index is 1.59. The molecule has 0 aromatic heterocycles. The van der Waals surface area contributed by atoms with Crippen molar-refractivity contribution in [3.63, 3.8) is 0 Å². The summed E-state index contributed by atoms with van der Waals surface area (Å²) in [5.41, 5.74) is 0.380. The summed E-state index contributed by atoms with van der Waals surface area (Å²) < 4.78 is 0.970. The highest BCUT2D eigenvalue weighted by Gasteiger charge is 2.52. The van der Waals surface area contributed by atoms with Crippen LogP contribution in [0.4, 0.5) is 0 Å². The molecule has 1 N–H and O–H groups in total. The summed E-state index contributed by atoms with van der Waals surface area (Å²) in [7, 11) is 0. The van der Waals surface area contributed by atoms with Crippen LogP contribution in [0.5, 0.6) is 0 Å². The Morgan fingerprint density at radius 3 is 2.68 bits per heavy atom. The van der Waals surface area contributed by atoms with Crippen molar-refractivity contribution in [2.75, 3.05) is 13.1 Å². The number of benzene rings is 1. The van der Waals surface area contributed by atoms with Crippen LogP contribution in [-0.2, 0) is 4.79 Å². The van der Waals surface area contributed by atoms with E-state index in [0.29, 0.717) is 19.0 Å². The lowest BCUT2D eigenvalue weighted by atomic mass is 9.88. The molecule has 1 aromatic rings. The second kappa shape index (κ2) is 4.76. The number of likely N-dealkylation sites (tertiary alicyclic amines) is 1. The maximum atomic E-state index is 12.0. The van der Waals surface area contributed by atoms with E-state index in [1.165, 1.54) is 0 Å². The molecule has 0 atom stereocenters. The Kier molecular flexibility index (Phi) is 3.23. The minimum absolute atomic E-state index is 0.0268. The zero-order valence-corrected chi connectivity index (χ0v) is 12.1.